The van der Waals surface area contributed by atoms with Crippen LogP contribution in [0.4, 0.5) is 5.69 Å². The van der Waals surface area contributed by atoms with Crippen LogP contribution in [0, 0.1) is 0 Å². The molecule has 0 unspecified atom stereocenters. The van der Waals surface area contributed by atoms with E-state index in [4.69, 9.17) is 16.3 Å². The highest BCUT2D eigenvalue weighted by atomic mass is 35.5. The van der Waals surface area contributed by atoms with Gasteiger partial charge in [0.2, 0.25) is 0 Å². The third kappa shape index (κ3) is 5.27. The van der Waals surface area contributed by atoms with E-state index >= 15 is 0 Å². The van der Waals surface area contributed by atoms with Crippen molar-refractivity contribution in [1.82, 2.24) is 4.47 Å². The van der Waals surface area contributed by atoms with Crippen molar-refractivity contribution in [1.29, 1.82) is 0 Å². The minimum absolute atomic E-state index is 0.0116. The van der Waals surface area contributed by atoms with Gasteiger partial charge in [-0.2, -0.15) is 0 Å². The number of carbonyl (C=O) groups excluding carboxylic acids is 2. The molecule has 0 fully saturated rings. The number of hydrogen-bond donors (Lipinski definition) is 1. The number of esters is 1. The van der Waals surface area contributed by atoms with Gasteiger partial charge in [-0.25, -0.2) is 13.2 Å². The van der Waals surface area contributed by atoms with Gasteiger partial charge in [0.1, 0.15) is 0 Å². The third-order valence-electron chi connectivity index (χ3n) is 3.44. The van der Waals surface area contributed by atoms with Gasteiger partial charge in [0.25, 0.3) is 15.9 Å². The monoisotopic (exact) mass is 412 g/mol. The molecule has 144 valence electrons. The molecule has 0 heterocycles. The van der Waals surface area contributed by atoms with Crippen LogP contribution in [-0.4, -0.2) is 45.5 Å². The Balaban J connectivity index is 2.10. The molecule has 27 heavy (non-hydrogen) atoms. The molecular formula is C17H17ClN2O6S. The summed E-state index contributed by atoms with van der Waals surface area (Å²) in [6.07, 6.45) is 0. The van der Waals surface area contributed by atoms with Crippen molar-refractivity contribution in [3.05, 3.63) is 59.1 Å². The third-order valence-corrected chi connectivity index (χ3v) is 5.45. The Morgan fingerprint density at radius 3 is 2.44 bits per heavy atom. The summed E-state index contributed by atoms with van der Waals surface area (Å²) < 4.78 is 30.1. The molecule has 8 nitrogen and oxygen atoms in total. The molecule has 2 aromatic rings. The van der Waals surface area contributed by atoms with Crippen molar-refractivity contribution in [2.45, 2.75) is 4.90 Å². The fourth-order valence-electron chi connectivity index (χ4n) is 2.00. The standard InChI is InChI=1S/C17H17ClN2O6S/c1-20(25-2)27(23,24)13-8-9-15(18)14(10-13)17(22)26-11-16(21)19-12-6-4-3-5-7-12/h3-10H,11H2,1-2H3,(H,19,21). The first-order valence-electron chi connectivity index (χ1n) is 7.60. The summed E-state index contributed by atoms with van der Waals surface area (Å²) in [5, 5.41) is 2.54. The topological polar surface area (TPSA) is 102 Å². The number of rotatable bonds is 7. The minimum atomic E-state index is -3.97. The van der Waals surface area contributed by atoms with E-state index in [0.717, 1.165) is 6.07 Å². The number of benzene rings is 2. The van der Waals surface area contributed by atoms with Crippen LogP contribution in [0.5, 0.6) is 0 Å². The van der Waals surface area contributed by atoms with E-state index in [1.54, 1.807) is 30.3 Å². The normalized spacial score (nSPS) is 11.3. The molecule has 0 saturated carbocycles. The van der Waals surface area contributed by atoms with Gasteiger partial charge < -0.3 is 10.1 Å². The number of hydroxylamine groups is 1. The molecule has 2 aromatic carbocycles. The number of nitrogens with one attached hydrogen (secondary N) is 1. The first-order valence-corrected chi connectivity index (χ1v) is 9.42. The SMILES string of the molecule is CON(C)S(=O)(=O)c1ccc(Cl)c(C(=O)OCC(=O)Nc2ccccc2)c1. The summed E-state index contributed by atoms with van der Waals surface area (Å²) in [6, 6.07) is 12.2. The van der Waals surface area contributed by atoms with E-state index in [-0.39, 0.29) is 15.5 Å². The Kier molecular flexibility index (Phi) is 6.92. The second-order valence-electron chi connectivity index (χ2n) is 5.23. The van der Waals surface area contributed by atoms with Gasteiger partial charge in [-0.1, -0.05) is 34.3 Å². The lowest BCUT2D eigenvalue weighted by atomic mass is 10.2. The Hall–Kier alpha value is -2.46. The Labute approximate surface area is 161 Å². The first kappa shape index (κ1) is 20.8. The molecule has 0 spiro atoms. The average Bonchev–Trinajstić information content (AvgIpc) is 2.66. The van der Waals surface area contributed by atoms with Crippen LogP contribution < -0.4 is 5.32 Å². The van der Waals surface area contributed by atoms with Gasteiger partial charge in [0, 0.05) is 12.7 Å². The summed E-state index contributed by atoms with van der Waals surface area (Å²) in [5.74, 6) is -1.48. The van der Waals surface area contributed by atoms with Crippen LogP contribution in [0.2, 0.25) is 5.02 Å². The highest BCUT2D eigenvalue weighted by Crippen LogP contribution is 2.23. The Morgan fingerprint density at radius 1 is 1.15 bits per heavy atom. The molecule has 2 rings (SSSR count). The Bertz CT molecular complexity index is 934. The summed E-state index contributed by atoms with van der Waals surface area (Å²) in [5.41, 5.74) is 0.363. The van der Waals surface area contributed by atoms with E-state index in [2.05, 4.69) is 10.2 Å². The van der Waals surface area contributed by atoms with Crippen LogP contribution in [0.1, 0.15) is 10.4 Å². The lowest BCUT2D eigenvalue weighted by molar-refractivity contribution is -0.119. The van der Waals surface area contributed by atoms with Gasteiger partial charge in [0.15, 0.2) is 6.61 Å². The minimum Gasteiger partial charge on any atom is -0.452 e. The maximum Gasteiger partial charge on any atom is 0.340 e. The molecular weight excluding hydrogens is 396 g/mol. The number of anilines is 1. The molecule has 1 amide bonds. The summed E-state index contributed by atoms with van der Waals surface area (Å²) in [6.45, 7) is -0.557. The van der Waals surface area contributed by atoms with Crippen LogP contribution in [0.15, 0.2) is 53.4 Å². The van der Waals surface area contributed by atoms with Gasteiger partial charge >= 0.3 is 5.97 Å². The predicted molar refractivity (Wildman–Crippen MR) is 98.8 cm³/mol. The molecule has 10 heteroatoms. The van der Waals surface area contributed by atoms with Crippen molar-refractivity contribution in [2.24, 2.45) is 0 Å². The molecule has 0 aliphatic rings. The first-order chi connectivity index (χ1) is 12.8. The molecule has 0 aliphatic heterocycles. The zero-order chi connectivity index (χ0) is 20.0. The number of hydrogen-bond acceptors (Lipinski definition) is 6. The molecule has 0 aromatic heterocycles. The van der Waals surface area contributed by atoms with E-state index in [0.29, 0.717) is 10.2 Å². The average molecular weight is 413 g/mol. The maximum absolute atomic E-state index is 12.3. The summed E-state index contributed by atoms with van der Waals surface area (Å²) in [4.78, 5) is 28.5. The molecule has 0 saturated heterocycles. The summed E-state index contributed by atoms with van der Waals surface area (Å²) >= 11 is 5.96. The highest BCUT2D eigenvalue weighted by molar-refractivity contribution is 7.89. The van der Waals surface area contributed by atoms with Crippen LogP contribution in [0.3, 0.4) is 0 Å². The quantitative estimate of drug-likeness (QED) is 0.553. The van der Waals surface area contributed by atoms with Crippen molar-refractivity contribution < 1.29 is 27.6 Å². The molecule has 0 atom stereocenters. The smallest absolute Gasteiger partial charge is 0.340 e. The largest absolute Gasteiger partial charge is 0.452 e. The van der Waals surface area contributed by atoms with Gasteiger partial charge in [0.05, 0.1) is 22.6 Å². The highest BCUT2D eigenvalue weighted by Gasteiger charge is 2.24. The van der Waals surface area contributed by atoms with Gasteiger partial charge in [-0.15, -0.1) is 0 Å². The van der Waals surface area contributed by atoms with E-state index < -0.39 is 28.5 Å². The fraction of sp³-hybridized carbons (Fsp3) is 0.176. The van der Waals surface area contributed by atoms with Crippen molar-refractivity contribution >= 4 is 39.2 Å². The van der Waals surface area contributed by atoms with Crippen molar-refractivity contribution in [3.63, 3.8) is 0 Å². The molecule has 0 radical (unpaired) electrons. The number of para-hydroxylation sites is 1. The number of halogens is 1. The van der Waals surface area contributed by atoms with E-state index in [1.807, 2.05) is 0 Å². The zero-order valence-corrected chi connectivity index (χ0v) is 16.1. The van der Waals surface area contributed by atoms with Crippen LogP contribution in [-0.2, 0) is 24.4 Å². The lowest BCUT2D eigenvalue weighted by Gasteiger charge is -2.15. The number of amides is 1. The fourth-order valence-corrected chi connectivity index (χ4v) is 3.19. The number of carbonyl (C=O) groups is 2. The molecule has 0 bridgehead atoms. The van der Waals surface area contributed by atoms with Gasteiger partial charge in [-0.3, -0.25) is 9.63 Å². The second kappa shape index (κ2) is 8.96. The maximum atomic E-state index is 12.3. The molecule has 0 aliphatic carbocycles. The summed E-state index contributed by atoms with van der Waals surface area (Å²) in [7, 11) is -1.58. The van der Waals surface area contributed by atoms with Crippen molar-refractivity contribution in [2.75, 3.05) is 26.1 Å². The number of sulfonamides is 1. The Morgan fingerprint density at radius 2 is 1.81 bits per heavy atom. The van der Waals surface area contributed by atoms with Crippen molar-refractivity contribution in [3.8, 4) is 0 Å². The predicted octanol–water partition coefficient (Wildman–Crippen LogP) is 2.32. The van der Waals surface area contributed by atoms with Crippen LogP contribution >= 0.6 is 11.6 Å². The second-order valence-corrected chi connectivity index (χ2v) is 7.57. The zero-order valence-electron chi connectivity index (χ0n) is 14.5. The van der Waals surface area contributed by atoms with E-state index in [9.17, 15) is 18.0 Å². The van der Waals surface area contributed by atoms with Crippen LogP contribution in [0.25, 0.3) is 0 Å². The molecule has 1 N–H and O–H groups in total. The number of ether oxygens (including phenoxy) is 1. The van der Waals surface area contributed by atoms with Gasteiger partial charge in [-0.05, 0) is 30.3 Å². The number of nitrogens with zero attached hydrogens (tertiary/aromatic N) is 1. The lowest BCUT2D eigenvalue weighted by Crippen LogP contribution is -2.26. The van der Waals surface area contributed by atoms with E-state index in [1.165, 1.54) is 26.3 Å².